The molecule has 0 unspecified atom stereocenters. The number of aromatic nitrogens is 2. The molecular weight excluding hydrogens is 322 g/mol. The standard InChI is InChI=1S/C15H14ClN3O2S/c16-14-4-3-13(22-14)12(20)2-1-11-9-17-15(18-10-11)19-5-7-21-8-6-19/h1-4,9-10H,5-8H2/b2-1+. The van der Waals surface area contributed by atoms with Crippen molar-refractivity contribution in [2.45, 2.75) is 0 Å². The number of nitrogens with zero attached hydrogens (tertiary/aromatic N) is 3. The average molecular weight is 336 g/mol. The van der Waals surface area contributed by atoms with Crippen LogP contribution in [0, 0.1) is 0 Å². The smallest absolute Gasteiger partial charge is 0.225 e. The molecule has 3 heterocycles. The summed E-state index contributed by atoms with van der Waals surface area (Å²) in [6, 6.07) is 3.44. The highest BCUT2D eigenvalue weighted by Gasteiger charge is 2.13. The molecule has 0 amide bonds. The van der Waals surface area contributed by atoms with Gasteiger partial charge in [0.1, 0.15) is 0 Å². The zero-order valence-electron chi connectivity index (χ0n) is 11.7. The van der Waals surface area contributed by atoms with Crippen LogP contribution in [-0.2, 0) is 4.74 Å². The number of carbonyl (C=O) groups is 1. The number of carbonyl (C=O) groups excluding carboxylic acids is 1. The number of rotatable bonds is 4. The number of ether oxygens (including phenoxy) is 1. The summed E-state index contributed by atoms with van der Waals surface area (Å²) in [7, 11) is 0. The molecule has 0 aliphatic carbocycles. The van der Waals surface area contributed by atoms with Gasteiger partial charge in [0, 0.05) is 31.0 Å². The summed E-state index contributed by atoms with van der Waals surface area (Å²) < 4.78 is 5.91. The molecule has 3 rings (SSSR count). The van der Waals surface area contributed by atoms with E-state index in [2.05, 4.69) is 14.9 Å². The molecule has 1 saturated heterocycles. The Balaban J connectivity index is 1.65. The number of halogens is 1. The highest BCUT2D eigenvalue weighted by molar-refractivity contribution is 7.18. The first-order chi connectivity index (χ1) is 10.7. The SMILES string of the molecule is O=C(/C=C/c1cnc(N2CCOCC2)nc1)c1ccc(Cl)s1. The first kappa shape index (κ1) is 15.1. The number of hydrogen-bond donors (Lipinski definition) is 0. The van der Waals surface area contributed by atoms with Gasteiger partial charge in [0.2, 0.25) is 5.95 Å². The Morgan fingerprint density at radius 2 is 2.00 bits per heavy atom. The van der Waals surface area contributed by atoms with Gasteiger partial charge >= 0.3 is 0 Å². The van der Waals surface area contributed by atoms with E-state index < -0.39 is 0 Å². The lowest BCUT2D eigenvalue weighted by Gasteiger charge is -2.26. The van der Waals surface area contributed by atoms with Gasteiger partial charge in [0.05, 0.1) is 22.4 Å². The fourth-order valence-corrected chi connectivity index (χ4v) is 3.01. The van der Waals surface area contributed by atoms with Gasteiger partial charge in [-0.3, -0.25) is 4.79 Å². The van der Waals surface area contributed by atoms with E-state index in [4.69, 9.17) is 16.3 Å². The zero-order valence-corrected chi connectivity index (χ0v) is 13.3. The molecule has 1 aliphatic rings. The topological polar surface area (TPSA) is 55.3 Å². The van der Waals surface area contributed by atoms with Crippen LogP contribution in [0.2, 0.25) is 4.34 Å². The minimum Gasteiger partial charge on any atom is -0.378 e. The van der Waals surface area contributed by atoms with Crippen molar-refractivity contribution < 1.29 is 9.53 Å². The summed E-state index contributed by atoms with van der Waals surface area (Å²) >= 11 is 7.09. The third-order valence-corrected chi connectivity index (χ3v) is 4.44. The van der Waals surface area contributed by atoms with Gasteiger partial charge in [-0.15, -0.1) is 11.3 Å². The number of morpholine rings is 1. The molecule has 2 aromatic heterocycles. The average Bonchev–Trinajstić information content (AvgIpc) is 3.00. The summed E-state index contributed by atoms with van der Waals surface area (Å²) in [5.41, 5.74) is 0.785. The Morgan fingerprint density at radius 3 is 2.64 bits per heavy atom. The van der Waals surface area contributed by atoms with Crippen molar-refractivity contribution in [1.82, 2.24) is 9.97 Å². The summed E-state index contributed by atoms with van der Waals surface area (Å²) in [5, 5.41) is 0. The van der Waals surface area contributed by atoms with E-state index in [-0.39, 0.29) is 5.78 Å². The van der Waals surface area contributed by atoms with E-state index in [0.29, 0.717) is 28.4 Å². The van der Waals surface area contributed by atoms with Crippen LogP contribution < -0.4 is 4.90 Å². The quantitative estimate of drug-likeness (QED) is 0.635. The molecule has 0 spiro atoms. The molecule has 1 aliphatic heterocycles. The largest absolute Gasteiger partial charge is 0.378 e. The molecule has 0 saturated carbocycles. The maximum atomic E-state index is 11.9. The molecule has 114 valence electrons. The van der Waals surface area contributed by atoms with Crippen molar-refractivity contribution in [1.29, 1.82) is 0 Å². The van der Waals surface area contributed by atoms with Gasteiger partial charge in [-0.05, 0) is 24.3 Å². The van der Waals surface area contributed by atoms with Crippen molar-refractivity contribution in [3.05, 3.63) is 45.4 Å². The molecule has 5 nitrogen and oxygen atoms in total. The molecule has 0 atom stereocenters. The van der Waals surface area contributed by atoms with Gasteiger partial charge in [-0.2, -0.15) is 0 Å². The Labute approximate surface area is 137 Å². The number of allylic oxidation sites excluding steroid dienone is 1. The predicted octanol–water partition coefficient (Wildman–Crippen LogP) is 2.92. The van der Waals surface area contributed by atoms with E-state index in [9.17, 15) is 4.79 Å². The van der Waals surface area contributed by atoms with Crippen LogP contribution in [0.5, 0.6) is 0 Å². The van der Waals surface area contributed by atoms with Crippen LogP contribution in [0.25, 0.3) is 6.08 Å². The maximum absolute atomic E-state index is 11.9. The third kappa shape index (κ3) is 3.71. The highest BCUT2D eigenvalue weighted by atomic mass is 35.5. The van der Waals surface area contributed by atoms with E-state index in [1.165, 1.54) is 17.4 Å². The molecule has 0 bridgehead atoms. The minimum atomic E-state index is -0.0749. The minimum absolute atomic E-state index is 0.0749. The van der Waals surface area contributed by atoms with Crippen molar-refractivity contribution in [2.75, 3.05) is 31.2 Å². The van der Waals surface area contributed by atoms with Crippen LogP contribution in [-0.4, -0.2) is 42.1 Å². The van der Waals surface area contributed by atoms with Crippen molar-refractivity contribution in [2.24, 2.45) is 0 Å². The van der Waals surface area contributed by atoms with Crippen molar-refractivity contribution in [3.8, 4) is 0 Å². The Kier molecular flexibility index (Phi) is 4.82. The number of ketones is 1. The van der Waals surface area contributed by atoms with E-state index in [0.717, 1.165) is 18.7 Å². The highest BCUT2D eigenvalue weighted by Crippen LogP contribution is 2.22. The second-order valence-corrected chi connectivity index (χ2v) is 6.43. The zero-order chi connectivity index (χ0) is 15.4. The van der Waals surface area contributed by atoms with Gasteiger partial charge in [0.15, 0.2) is 5.78 Å². The van der Waals surface area contributed by atoms with Crippen LogP contribution in [0.15, 0.2) is 30.6 Å². The summed E-state index contributed by atoms with van der Waals surface area (Å²) in [6.45, 7) is 2.99. The monoisotopic (exact) mass is 335 g/mol. The van der Waals surface area contributed by atoms with E-state index >= 15 is 0 Å². The molecule has 22 heavy (non-hydrogen) atoms. The predicted molar refractivity (Wildman–Crippen MR) is 87.8 cm³/mol. The van der Waals surface area contributed by atoms with Gasteiger partial charge in [-0.25, -0.2) is 9.97 Å². The van der Waals surface area contributed by atoms with Crippen LogP contribution in [0.4, 0.5) is 5.95 Å². The van der Waals surface area contributed by atoms with Gasteiger partial charge in [0.25, 0.3) is 0 Å². The van der Waals surface area contributed by atoms with E-state index in [1.807, 2.05) is 0 Å². The molecule has 1 fully saturated rings. The maximum Gasteiger partial charge on any atom is 0.225 e. The lowest BCUT2D eigenvalue weighted by Crippen LogP contribution is -2.37. The molecular formula is C15H14ClN3O2S. The summed E-state index contributed by atoms with van der Waals surface area (Å²) in [4.78, 5) is 23.3. The normalized spacial score (nSPS) is 15.4. The molecule has 0 N–H and O–H groups in total. The lowest BCUT2D eigenvalue weighted by atomic mass is 10.2. The third-order valence-electron chi connectivity index (χ3n) is 3.20. The van der Waals surface area contributed by atoms with Crippen LogP contribution in [0.3, 0.4) is 0 Å². The summed E-state index contributed by atoms with van der Waals surface area (Å²) in [5.74, 6) is 0.617. The first-order valence-electron chi connectivity index (χ1n) is 6.85. The fraction of sp³-hybridized carbons (Fsp3) is 0.267. The fourth-order valence-electron chi connectivity index (χ4n) is 2.04. The van der Waals surface area contributed by atoms with E-state index in [1.54, 1.807) is 30.6 Å². The Hall–Kier alpha value is -1.76. The van der Waals surface area contributed by atoms with Gasteiger partial charge in [-0.1, -0.05) is 11.6 Å². The van der Waals surface area contributed by atoms with Crippen molar-refractivity contribution >= 4 is 40.7 Å². The molecule has 0 aromatic carbocycles. The van der Waals surface area contributed by atoms with Crippen LogP contribution >= 0.6 is 22.9 Å². The molecule has 7 heteroatoms. The lowest BCUT2D eigenvalue weighted by molar-refractivity contribution is 0.105. The second kappa shape index (κ2) is 7.00. The molecule has 2 aromatic rings. The Morgan fingerprint density at radius 1 is 1.27 bits per heavy atom. The molecule has 0 radical (unpaired) electrons. The Bertz CT molecular complexity index is 678. The number of hydrogen-bond acceptors (Lipinski definition) is 6. The second-order valence-electron chi connectivity index (χ2n) is 4.72. The van der Waals surface area contributed by atoms with Gasteiger partial charge < -0.3 is 9.64 Å². The first-order valence-corrected chi connectivity index (χ1v) is 8.04. The van der Waals surface area contributed by atoms with Crippen molar-refractivity contribution in [3.63, 3.8) is 0 Å². The summed E-state index contributed by atoms with van der Waals surface area (Å²) in [6.07, 6.45) is 6.64. The number of thiophene rings is 1. The van der Waals surface area contributed by atoms with Crippen LogP contribution in [0.1, 0.15) is 15.2 Å². The number of anilines is 1.